The molecule has 6 nitrogen and oxygen atoms in total. The Hall–Kier alpha value is -2.83. The van der Waals surface area contributed by atoms with E-state index >= 15 is 0 Å². The molecule has 1 fully saturated rings. The Morgan fingerprint density at radius 3 is 2.88 bits per heavy atom. The molecule has 7 heteroatoms. The van der Waals surface area contributed by atoms with E-state index in [0.29, 0.717) is 28.6 Å². The fourth-order valence-electron chi connectivity index (χ4n) is 2.88. The third kappa shape index (κ3) is 2.97. The monoisotopic (exact) mass is 339 g/mol. The molecule has 1 amide bonds. The van der Waals surface area contributed by atoms with E-state index in [1.807, 2.05) is 6.92 Å². The fraction of sp³-hybridized carbons (Fsp3) is 0.333. The molecule has 0 saturated heterocycles. The van der Waals surface area contributed by atoms with Gasteiger partial charge in [0.15, 0.2) is 11.5 Å². The SMILES string of the molecule is C[C@H](NC(=O)[C@H]1C[C@H]1C)c1nc2cc(-c3ccccc3F)ncn2n1. The molecule has 2 heterocycles. The number of amides is 1. The van der Waals surface area contributed by atoms with Gasteiger partial charge in [0.25, 0.3) is 0 Å². The van der Waals surface area contributed by atoms with Gasteiger partial charge in [0.2, 0.25) is 5.91 Å². The molecule has 1 aromatic carbocycles. The molecular formula is C18H18FN5O. The van der Waals surface area contributed by atoms with Gasteiger partial charge in [0, 0.05) is 17.5 Å². The summed E-state index contributed by atoms with van der Waals surface area (Å²) < 4.78 is 15.5. The van der Waals surface area contributed by atoms with Crippen LogP contribution in [0.5, 0.6) is 0 Å². The molecule has 2 aromatic heterocycles. The molecule has 128 valence electrons. The van der Waals surface area contributed by atoms with Crippen LogP contribution in [0, 0.1) is 17.7 Å². The molecule has 0 radical (unpaired) electrons. The van der Waals surface area contributed by atoms with E-state index in [9.17, 15) is 9.18 Å². The summed E-state index contributed by atoms with van der Waals surface area (Å²) in [4.78, 5) is 20.8. The first-order valence-electron chi connectivity index (χ1n) is 8.30. The standard InChI is InChI=1S/C18H18FN5O/c1-10-7-13(10)18(25)21-11(2)17-22-16-8-15(20-9-24(16)23-17)12-5-3-4-6-14(12)19/h3-6,8-11,13H,7H2,1-2H3,(H,21,25)/t10-,11+,13+/m1/s1. The van der Waals surface area contributed by atoms with E-state index in [0.717, 1.165) is 6.42 Å². The number of carbonyl (C=O) groups is 1. The molecule has 1 aliphatic carbocycles. The minimum Gasteiger partial charge on any atom is -0.346 e. The quantitative estimate of drug-likeness (QED) is 0.793. The van der Waals surface area contributed by atoms with Gasteiger partial charge in [-0.3, -0.25) is 4.79 Å². The van der Waals surface area contributed by atoms with Crippen molar-refractivity contribution in [2.45, 2.75) is 26.3 Å². The van der Waals surface area contributed by atoms with Crippen molar-refractivity contribution in [1.82, 2.24) is 24.9 Å². The summed E-state index contributed by atoms with van der Waals surface area (Å²) >= 11 is 0. The second-order valence-electron chi connectivity index (χ2n) is 6.58. The van der Waals surface area contributed by atoms with Crippen LogP contribution in [0.3, 0.4) is 0 Å². The number of hydrogen-bond donors (Lipinski definition) is 1. The van der Waals surface area contributed by atoms with Crippen LogP contribution >= 0.6 is 0 Å². The summed E-state index contributed by atoms with van der Waals surface area (Å²) in [6.07, 6.45) is 2.44. The molecule has 3 aromatic rings. The van der Waals surface area contributed by atoms with Crippen LogP contribution in [0.2, 0.25) is 0 Å². The zero-order valence-corrected chi connectivity index (χ0v) is 14.0. The third-order valence-corrected chi connectivity index (χ3v) is 4.59. The maximum Gasteiger partial charge on any atom is 0.223 e. The van der Waals surface area contributed by atoms with E-state index in [4.69, 9.17) is 0 Å². The summed E-state index contributed by atoms with van der Waals surface area (Å²) in [5.41, 5.74) is 1.47. The van der Waals surface area contributed by atoms with Crippen LogP contribution in [0.15, 0.2) is 36.7 Å². The van der Waals surface area contributed by atoms with Crippen LogP contribution < -0.4 is 5.32 Å². The predicted molar refractivity (Wildman–Crippen MR) is 90.0 cm³/mol. The topological polar surface area (TPSA) is 72.2 Å². The van der Waals surface area contributed by atoms with E-state index in [1.54, 1.807) is 24.3 Å². The highest BCUT2D eigenvalue weighted by Gasteiger charge is 2.39. The van der Waals surface area contributed by atoms with E-state index in [2.05, 4.69) is 27.3 Å². The lowest BCUT2D eigenvalue weighted by molar-refractivity contribution is -0.123. The molecule has 1 saturated carbocycles. The van der Waals surface area contributed by atoms with E-state index in [-0.39, 0.29) is 23.7 Å². The first-order valence-corrected chi connectivity index (χ1v) is 8.30. The van der Waals surface area contributed by atoms with Gasteiger partial charge < -0.3 is 5.32 Å². The summed E-state index contributed by atoms with van der Waals surface area (Å²) in [6.45, 7) is 3.92. The second kappa shape index (κ2) is 5.91. The van der Waals surface area contributed by atoms with Crippen molar-refractivity contribution in [3.05, 3.63) is 48.3 Å². The highest BCUT2D eigenvalue weighted by Crippen LogP contribution is 2.38. The lowest BCUT2D eigenvalue weighted by Gasteiger charge is -2.09. The summed E-state index contributed by atoms with van der Waals surface area (Å²) in [6, 6.07) is 7.86. The Bertz CT molecular complexity index is 954. The number of halogens is 1. The fourth-order valence-corrected chi connectivity index (χ4v) is 2.88. The first-order chi connectivity index (χ1) is 12.0. The molecule has 1 aliphatic rings. The van der Waals surface area contributed by atoms with Crippen molar-refractivity contribution < 1.29 is 9.18 Å². The van der Waals surface area contributed by atoms with Crippen LogP contribution in [-0.2, 0) is 4.79 Å². The Morgan fingerprint density at radius 2 is 2.16 bits per heavy atom. The Balaban J connectivity index is 1.60. The van der Waals surface area contributed by atoms with Gasteiger partial charge >= 0.3 is 0 Å². The summed E-state index contributed by atoms with van der Waals surface area (Å²) in [5, 5.41) is 7.30. The van der Waals surface area contributed by atoms with Crippen molar-refractivity contribution in [2.24, 2.45) is 11.8 Å². The Morgan fingerprint density at radius 1 is 1.40 bits per heavy atom. The van der Waals surface area contributed by atoms with Gasteiger partial charge in [-0.1, -0.05) is 19.1 Å². The average Bonchev–Trinajstić information content (AvgIpc) is 3.18. The molecule has 0 bridgehead atoms. The molecule has 4 rings (SSSR count). The van der Waals surface area contributed by atoms with E-state index < -0.39 is 0 Å². The minimum atomic E-state index is -0.335. The molecular weight excluding hydrogens is 321 g/mol. The number of aromatic nitrogens is 4. The van der Waals surface area contributed by atoms with Crippen molar-refractivity contribution in [3.8, 4) is 11.3 Å². The molecule has 0 aliphatic heterocycles. The van der Waals surface area contributed by atoms with Gasteiger partial charge in [0.05, 0.1) is 11.7 Å². The predicted octanol–water partition coefficient (Wildman–Crippen LogP) is 2.76. The zero-order chi connectivity index (χ0) is 17.6. The van der Waals surface area contributed by atoms with Gasteiger partial charge in [-0.25, -0.2) is 18.9 Å². The number of nitrogens with zero attached hydrogens (tertiary/aromatic N) is 4. The number of rotatable bonds is 4. The van der Waals surface area contributed by atoms with Gasteiger partial charge in [-0.15, -0.1) is 5.10 Å². The van der Waals surface area contributed by atoms with Crippen LogP contribution in [-0.4, -0.2) is 25.5 Å². The number of carbonyl (C=O) groups excluding carboxylic acids is 1. The van der Waals surface area contributed by atoms with Crippen molar-refractivity contribution in [3.63, 3.8) is 0 Å². The third-order valence-electron chi connectivity index (χ3n) is 4.59. The van der Waals surface area contributed by atoms with Crippen LogP contribution in [0.1, 0.15) is 32.1 Å². The highest BCUT2D eigenvalue weighted by atomic mass is 19.1. The van der Waals surface area contributed by atoms with Crippen LogP contribution in [0.4, 0.5) is 4.39 Å². The average molecular weight is 339 g/mol. The van der Waals surface area contributed by atoms with Crippen molar-refractivity contribution >= 4 is 11.6 Å². The van der Waals surface area contributed by atoms with Gasteiger partial charge in [0.1, 0.15) is 12.1 Å². The van der Waals surface area contributed by atoms with Crippen molar-refractivity contribution in [2.75, 3.05) is 0 Å². The number of benzene rings is 1. The Kier molecular flexibility index (Phi) is 3.71. The lowest BCUT2D eigenvalue weighted by atomic mass is 10.1. The zero-order valence-electron chi connectivity index (χ0n) is 14.0. The van der Waals surface area contributed by atoms with Gasteiger partial charge in [-0.2, -0.15) is 0 Å². The lowest BCUT2D eigenvalue weighted by Crippen LogP contribution is -2.29. The molecule has 25 heavy (non-hydrogen) atoms. The maximum absolute atomic E-state index is 13.9. The minimum absolute atomic E-state index is 0.0454. The second-order valence-corrected chi connectivity index (χ2v) is 6.58. The maximum atomic E-state index is 13.9. The molecule has 0 unspecified atom stereocenters. The van der Waals surface area contributed by atoms with Gasteiger partial charge in [-0.05, 0) is 31.4 Å². The van der Waals surface area contributed by atoms with E-state index in [1.165, 1.54) is 16.9 Å². The van der Waals surface area contributed by atoms with Crippen LogP contribution in [0.25, 0.3) is 16.9 Å². The highest BCUT2D eigenvalue weighted by molar-refractivity contribution is 5.81. The normalized spacial score (nSPS) is 20.4. The largest absolute Gasteiger partial charge is 0.346 e. The first kappa shape index (κ1) is 15.7. The molecule has 1 N–H and O–H groups in total. The molecule has 3 atom stereocenters. The number of fused-ring (bicyclic) bond motifs is 1. The Labute approximate surface area is 144 Å². The number of hydrogen-bond acceptors (Lipinski definition) is 4. The smallest absolute Gasteiger partial charge is 0.223 e. The number of nitrogens with one attached hydrogen (secondary N) is 1. The summed E-state index contributed by atoms with van der Waals surface area (Å²) in [7, 11) is 0. The summed E-state index contributed by atoms with van der Waals surface area (Å²) in [5.74, 6) is 0.777. The molecule has 0 spiro atoms. The van der Waals surface area contributed by atoms with Crippen molar-refractivity contribution in [1.29, 1.82) is 0 Å².